The lowest BCUT2D eigenvalue weighted by Crippen LogP contribution is -2.26. The maximum atomic E-state index is 11.8. The molecule has 1 aromatic rings. The standard InChI is InChI=1S/C9H9BrN2O2/c10-8-7(3-1-4-11-8)9(13)12-5-2-6-14-12/h1,3-4H,2,5-6H2. The van der Waals surface area contributed by atoms with Crippen molar-refractivity contribution in [1.82, 2.24) is 10.0 Å². The largest absolute Gasteiger partial charge is 0.280 e. The van der Waals surface area contributed by atoms with Crippen molar-refractivity contribution in [1.29, 1.82) is 0 Å². The molecule has 0 atom stereocenters. The van der Waals surface area contributed by atoms with Crippen LogP contribution in [0.5, 0.6) is 0 Å². The van der Waals surface area contributed by atoms with Gasteiger partial charge in [-0.25, -0.2) is 10.0 Å². The smallest absolute Gasteiger partial charge is 0.271 e. The quantitative estimate of drug-likeness (QED) is 0.718. The Morgan fingerprint density at radius 3 is 3.14 bits per heavy atom. The summed E-state index contributed by atoms with van der Waals surface area (Å²) in [6.45, 7) is 1.27. The van der Waals surface area contributed by atoms with Gasteiger partial charge in [0.2, 0.25) is 0 Å². The van der Waals surface area contributed by atoms with Gasteiger partial charge in [0.1, 0.15) is 4.60 Å². The fraction of sp³-hybridized carbons (Fsp3) is 0.333. The van der Waals surface area contributed by atoms with Crippen molar-refractivity contribution in [3.63, 3.8) is 0 Å². The number of hydroxylamine groups is 2. The van der Waals surface area contributed by atoms with Gasteiger partial charge >= 0.3 is 0 Å². The number of hydrogen-bond acceptors (Lipinski definition) is 3. The van der Waals surface area contributed by atoms with Crippen LogP contribution in [0.2, 0.25) is 0 Å². The highest BCUT2D eigenvalue weighted by Crippen LogP contribution is 2.17. The van der Waals surface area contributed by atoms with E-state index in [1.165, 1.54) is 5.06 Å². The number of halogens is 1. The molecule has 1 aliphatic rings. The van der Waals surface area contributed by atoms with Crippen molar-refractivity contribution in [2.45, 2.75) is 6.42 Å². The van der Waals surface area contributed by atoms with Crippen molar-refractivity contribution in [2.24, 2.45) is 0 Å². The normalized spacial score (nSPS) is 15.9. The van der Waals surface area contributed by atoms with Crippen LogP contribution in [0.4, 0.5) is 0 Å². The molecule has 2 rings (SSSR count). The molecule has 1 fully saturated rings. The molecule has 0 N–H and O–H groups in total. The van der Waals surface area contributed by atoms with Crippen LogP contribution in [-0.2, 0) is 4.84 Å². The summed E-state index contributed by atoms with van der Waals surface area (Å²) in [5.74, 6) is -0.137. The molecule has 1 aromatic heterocycles. The Labute approximate surface area is 90.0 Å². The Balaban J connectivity index is 2.22. The molecule has 0 radical (unpaired) electrons. The minimum atomic E-state index is -0.137. The number of pyridine rings is 1. The van der Waals surface area contributed by atoms with E-state index in [0.29, 0.717) is 23.3 Å². The third kappa shape index (κ3) is 1.78. The van der Waals surface area contributed by atoms with Crippen LogP contribution in [0.1, 0.15) is 16.8 Å². The van der Waals surface area contributed by atoms with Gasteiger partial charge in [-0.1, -0.05) is 0 Å². The average Bonchev–Trinajstić information content (AvgIpc) is 2.70. The van der Waals surface area contributed by atoms with Crippen molar-refractivity contribution < 1.29 is 9.63 Å². The summed E-state index contributed by atoms with van der Waals surface area (Å²) in [7, 11) is 0. The zero-order valence-electron chi connectivity index (χ0n) is 7.44. The van der Waals surface area contributed by atoms with E-state index in [1.54, 1.807) is 18.3 Å². The third-order valence-corrected chi connectivity index (χ3v) is 2.60. The summed E-state index contributed by atoms with van der Waals surface area (Å²) in [5, 5.41) is 1.38. The van der Waals surface area contributed by atoms with Gasteiger partial charge in [-0.15, -0.1) is 0 Å². The van der Waals surface area contributed by atoms with Crippen molar-refractivity contribution in [3.8, 4) is 0 Å². The molecule has 0 aromatic carbocycles. The fourth-order valence-electron chi connectivity index (χ4n) is 1.29. The van der Waals surface area contributed by atoms with Gasteiger partial charge in [0.25, 0.3) is 5.91 Å². The topological polar surface area (TPSA) is 42.4 Å². The van der Waals surface area contributed by atoms with Gasteiger partial charge < -0.3 is 0 Å². The van der Waals surface area contributed by atoms with Gasteiger partial charge in [0.15, 0.2) is 0 Å². The van der Waals surface area contributed by atoms with Crippen molar-refractivity contribution >= 4 is 21.8 Å². The first-order valence-electron chi connectivity index (χ1n) is 4.34. The second kappa shape index (κ2) is 4.06. The summed E-state index contributed by atoms with van der Waals surface area (Å²) in [6, 6.07) is 3.45. The van der Waals surface area contributed by atoms with E-state index in [0.717, 1.165) is 6.42 Å². The summed E-state index contributed by atoms with van der Waals surface area (Å²) in [5.41, 5.74) is 0.536. The molecule has 1 amide bonds. The Bertz CT molecular complexity index is 350. The monoisotopic (exact) mass is 256 g/mol. The number of carbonyl (C=O) groups is 1. The van der Waals surface area contributed by atoms with Gasteiger partial charge in [-0.3, -0.25) is 9.63 Å². The summed E-state index contributed by atoms with van der Waals surface area (Å²) < 4.78 is 0.556. The van der Waals surface area contributed by atoms with E-state index in [1.807, 2.05) is 0 Å². The summed E-state index contributed by atoms with van der Waals surface area (Å²) >= 11 is 3.23. The molecule has 0 saturated carbocycles. The summed E-state index contributed by atoms with van der Waals surface area (Å²) in [6.07, 6.45) is 2.52. The van der Waals surface area contributed by atoms with Gasteiger partial charge in [0, 0.05) is 6.20 Å². The molecular weight excluding hydrogens is 248 g/mol. The first-order valence-corrected chi connectivity index (χ1v) is 5.13. The lowest BCUT2D eigenvalue weighted by Gasteiger charge is -2.13. The molecule has 2 heterocycles. The third-order valence-electron chi connectivity index (χ3n) is 1.97. The average molecular weight is 257 g/mol. The van der Waals surface area contributed by atoms with E-state index in [-0.39, 0.29) is 5.91 Å². The van der Waals surface area contributed by atoms with Crippen LogP contribution in [0.25, 0.3) is 0 Å². The second-order valence-corrected chi connectivity index (χ2v) is 3.69. The molecule has 14 heavy (non-hydrogen) atoms. The lowest BCUT2D eigenvalue weighted by molar-refractivity contribution is -0.0769. The highest BCUT2D eigenvalue weighted by Gasteiger charge is 2.22. The van der Waals surface area contributed by atoms with Crippen LogP contribution in [-0.4, -0.2) is 29.1 Å². The highest BCUT2D eigenvalue weighted by molar-refractivity contribution is 9.10. The van der Waals surface area contributed by atoms with E-state index < -0.39 is 0 Å². The van der Waals surface area contributed by atoms with Crippen molar-refractivity contribution in [2.75, 3.05) is 13.2 Å². The molecule has 1 aliphatic heterocycles. The first-order chi connectivity index (χ1) is 6.79. The number of rotatable bonds is 1. The summed E-state index contributed by atoms with van der Waals surface area (Å²) in [4.78, 5) is 20.9. The van der Waals surface area contributed by atoms with Gasteiger partial charge in [-0.2, -0.15) is 0 Å². The minimum absolute atomic E-state index is 0.137. The molecule has 0 bridgehead atoms. The number of nitrogens with zero attached hydrogens (tertiary/aromatic N) is 2. The lowest BCUT2D eigenvalue weighted by atomic mass is 10.2. The van der Waals surface area contributed by atoms with Crippen LogP contribution in [0.3, 0.4) is 0 Å². The maximum absolute atomic E-state index is 11.8. The zero-order chi connectivity index (χ0) is 9.97. The number of amides is 1. The van der Waals surface area contributed by atoms with E-state index in [9.17, 15) is 4.79 Å². The molecule has 0 spiro atoms. The fourth-order valence-corrected chi connectivity index (χ4v) is 1.71. The Morgan fingerprint density at radius 2 is 2.50 bits per heavy atom. The predicted octanol–water partition coefficient (Wildman–Crippen LogP) is 1.62. The SMILES string of the molecule is O=C(c1cccnc1Br)N1CCCO1. The molecule has 0 unspecified atom stereocenters. The van der Waals surface area contributed by atoms with E-state index in [2.05, 4.69) is 20.9 Å². The number of aromatic nitrogens is 1. The van der Waals surface area contributed by atoms with Gasteiger partial charge in [0.05, 0.1) is 18.7 Å². The molecular formula is C9H9BrN2O2. The van der Waals surface area contributed by atoms with E-state index >= 15 is 0 Å². The minimum Gasteiger partial charge on any atom is -0.271 e. The van der Waals surface area contributed by atoms with E-state index in [4.69, 9.17) is 4.84 Å². The molecule has 4 nitrogen and oxygen atoms in total. The molecule has 0 aliphatic carbocycles. The van der Waals surface area contributed by atoms with Crippen LogP contribution < -0.4 is 0 Å². The first kappa shape index (κ1) is 9.61. The van der Waals surface area contributed by atoms with Crippen LogP contribution in [0.15, 0.2) is 22.9 Å². The zero-order valence-corrected chi connectivity index (χ0v) is 9.03. The van der Waals surface area contributed by atoms with Crippen molar-refractivity contribution in [3.05, 3.63) is 28.5 Å². The van der Waals surface area contributed by atoms with Crippen LogP contribution >= 0.6 is 15.9 Å². The Kier molecular flexibility index (Phi) is 2.79. The predicted molar refractivity (Wildman–Crippen MR) is 53.5 cm³/mol. The second-order valence-electron chi connectivity index (χ2n) is 2.94. The molecule has 5 heteroatoms. The Hall–Kier alpha value is -0.940. The maximum Gasteiger partial charge on any atom is 0.280 e. The highest BCUT2D eigenvalue weighted by atomic mass is 79.9. The molecule has 1 saturated heterocycles. The van der Waals surface area contributed by atoms with Crippen LogP contribution in [0, 0.1) is 0 Å². The van der Waals surface area contributed by atoms with Gasteiger partial charge in [-0.05, 0) is 34.5 Å². The Morgan fingerprint density at radius 1 is 1.64 bits per heavy atom. The number of hydrogen-bond donors (Lipinski definition) is 0. The molecule has 74 valence electrons. The number of carbonyl (C=O) groups excluding carboxylic acids is 1.